The molecule has 0 radical (unpaired) electrons. The molecular formula is C14H26N2O2. The number of hydrogen-bond donors (Lipinski definition) is 2. The smallest absolute Gasteiger partial charge is 0.220 e. The van der Waals surface area contributed by atoms with E-state index >= 15 is 0 Å². The number of hydrogen-bond acceptors (Lipinski definition) is 3. The van der Waals surface area contributed by atoms with Crippen LogP contribution in [0.5, 0.6) is 0 Å². The van der Waals surface area contributed by atoms with Crippen molar-refractivity contribution in [2.24, 2.45) is 5.92 Å². The average Bonchev–Trinajstić information content (AvgIpc) is 2.64. The van der Waals surface area contributed by atoms with E-state index in [1.807, 2.05) is 13.8 Å². The summed E-state index contributed by atoms with van der Waals surface area (Å²) in [7, 11) is 0. The lowest BCUT2D eigenvalue weighted by Gasteiger charge is -2.28. The van der Waals surface area contributed by atoms with Crippen molar-refractivity contribution in [3.63, 3.8) is 0 Å². The maximum absolute atomic E-state index is 11.8. The van der Waals surface area contributed by atoms with Crippen molar-refractivity contribution in [1.29, 1.82) is 0 Å². The van der Waals surface area contributed by atoms with Gasteiger partial charge in [0.05, 0.1) is 12.7 Å². The Balaban J connectivity index is 1.59. The van der Waals surface area contributed by atoms with Gasteiger partial charge in [0.25, 0.3) is 0 Å². The highest BCUT2D eigenvalue weighted by Gasteiger charge is 2.33. The van der Waals surface area contributed by atoms with Crippen molar-refractivity contribution in [3.8, 4) is 0 Å². The molecule has 4 nitrogen and oxygen atoms in total. The molecule has 2 aliphatic rings. The maximum Gasteiger partial charge on any atom is 0.220 e. The van der Waals surface area contributed by atoms with Crippen molar-refractivity contribution in [2.45, 2.75) is 64.1 Å². The van der Waals surface area contributed by atoms with E-state index < -0.39 is 0 Å². The second-order valence-electron chi connectivity index (χ2n) is 5.95. The standard InChI is InChI=1S/C14H26N2O2/c1-10(2)18-6-5-15-14(17)9-11-7-12-3-4-13(8-11)16-12/h10-13,16H,3-9H2,1-2H3,(H,15,17). The van der Waals surface area contributed by atoms with E-state index in [0.29, 0.717) is 37.6 Å². The molecule has 2 atom stereocenters. The number of carbonyl (C=O) groups is 1. The van der Waals surface area contributed by atoms with Gasteiger partial charge in [-0.25, -0.2) is 0 Å². The molecule has 2 unspecified atom stereocenters. The zero-order valence-electron chi connectivity index (χ0n) is 11.6. The lowest BCUT2D eigenvalue weighted by atomic mass is 9.89. The van der Waals surface area contributed by atoms with Crippen LogP contribution >= 0.6 is 0 Å². The van der Waals surface area contributed by atoms with Gasteiger partial charge in [0, 0.05) is 25.0 Å². The largest absolute Gasteiger partial charge is 0.377 e. The van der Waals surface area contributed by atoms with Crippen molar-refractivity contribution in [3.05, 3.63) is 0 Å². The SMILES string of the molecule is CC(C)OCCNC(=O)CC1CC2CCC(C1)N2. The van der Waals surface area contributed by atoms with Crippen LogP contribution in [-0.4, -0.2) is 37.2 Å². The molecule has 0 saturated carbocycles. The number of rotatable bonds is 6. The highest BCUT2D eigenvalue weighted by atomic mass is 16.5. The van der Waals surface area contributed by atoms with Crippen LogP contribution in [0, 0.1) is 5.92 Å². The van der Waals surface area contributed by atoms with Crippen LogP contribution in [0.3, 0.4) is 0 Å². The van der Waals surface area contributed by atoms with Crippen molar-refractivity contribution < 1.29 is 9.53 Å². The van der Waals surface area contributed by atoms with Crippen LogP contribution in [0.15, 0.2) is 0 Å². The lowest BCUT2D eigenvalue weighted by Crippen LogP contribution is -2.40. The molecule has 2 aliphatic heterocycles. The van der Waals surface area contributed by atoms with Gasteiger partial charge in [0.2, 0.25) is 5.91 Å². The summed E-state index contributed by atoms with van der Waals surface area (Å²) in [6.07, 6.45) is 5.87. The fraction of sp³-hybridized carbons (Fsp3) is 0.929. The number of piperidine rings is 1. The zero-order chi connectivity index (χ0) is 13.0. The molecule has 18 heavy (non-hydrogen) atoms. The van der Waals surface area contributed by atoms with Gasteiger partial charge in [-0.15, -0.1) is 0 Å². The van der Waals surface area contributed by atoms with Crippen LogP contribution in [-0.2, 0) is 9.53 Å². The number of amides is 1. The summed E-state index contributed by atoms with van der Waals surface area (Å²) in [5.41, 5.74) is 0. The fourth-order valence-corrected chi connectivity index (χ4v) is 3.16. The van der Waals surface area contributed by atoms with Crippen molar-refractivity contribution >= 4 is 5.91 Å². The summed E-state index contributed by atoms with van der Waals surface area (Å²) in [5.74, 6) is 0.767. The third-order valence-corrected chi connectivity index (χ3v) is 3.92. The van der Waals surface area contributed by atoms with Crippen LogP contribution in [0.2, 0.25) is 0 Å². The molecule has 0 aromatic heterocycles. The average molecular weight is 254 g/mol. The minimum Gasteiger partial charge on any atom is -0.377 e. The number of ether oxygens (including phenoxy) is 1. The Morgan fingerprint density at radius 1 is 1.33 bits per heavy atom. The normalized spacial score (nSPS) is 30.7. The number of carbonyl (C=O) groups excluding carboxylic acids is 1. The Kier molecular flexibility index (Phi) is 5.01. The minimum atomic E-state index is 0.189. The Labute approximate surface area is 110 Å². The first-order valence-corrected chi connectivity index (χ1v) is 7.28. The van der Waals surface area contributed by atoms with Gasteiger partial charge in [0.15, 0.2) is 0 Å². The van der Waals surface area contributed by atoms with Crippen molar-refractivity contribution in [1.82, 2.24) is 10.6 Å². The summed E-state index contributed by atoms with van der Waals surface area (Å²) in [6.45, 7) is 5.26. The molecule has 4 heteroatoms. The first-order chi connectivity index (χ1) is 8.63. The van der Waals surface area contributed by atoms with Gasteiger partial charge < -0.3 is 15.4 Å². The summed E-state index contributed by atoms with van der Waals surface area (Å²) < 4.78 is 5.40. The summed E-state index contributed by atoms with van der Waals surface area (Å²) in [5, 5.41) is 6.56. The van der Waals surface area contributed by atoms with Gasteiger partial charge >= 0.3 is 0 Å². The first kappa shape index (κ1) is 13.8. The Hall–Kier alpha value is -0.610. The molecule has 0 aliphatic carbocycles. The van der Waals surface area contributed by atoms with E-state index in [0.717, 1.165) is 0 Å². The lowest BCUT2D eigenvalue weighted by molar-refractivity contribution is -0.122. The summed E-state index contributed by atoms with van der Waals surface area (Å²) in [4.78, 5) is 11.8. The molecule has 0 aromatic carbocycles. The molecule has 104 valence electrons. The third-order valence-electron chi connectivity index (χ3n) is 3.92. The quantitative estimate of drug-likeness (QED) is 0.705. The summed E-state index contributed by atoms with van der Waals surface area (Å²) >= 11 is 0. The zero-order valence-corrected chi connectivity index (χ0v) is 11.6. The van der Waals surface area contributed by atoms with E-state index in [4.69, 9.17) is 4.74 Å². The second kappa shape index (κ2) is 6.53. The molecule has 2 rings (SSSR count). The summed E-state index contributed by atoms with van der Waals surface area (Å²) in [6, 6.07) is 1.34. The van der Waals surface area contributed by atoms with Crippen LogP contribution in [0.1, 0.15) is 46.0 Å². The van der Waals surface area contributed by atoms with E-state index in [1.165, 1.54) is 25.7 Å². The molecule has 1 amide bonds. The van der Waals surface area contributed by atoms with E-state index in [9.17, 15) is 4.79 Å². The number of nitrogens with one attached hydrogen (secondary N) is 2. The predicted octanol–water partition coefficient (Wildman–Crippen LogP) is 1.45. The second-order valence-corrected chi connectivity index (χ2v) is 5.95. The van der Waals surface area contributed by atoms with Crippen LogP contribution < -0.4 is 10.6 Å². The van der Waals surface area contributed by atoms with Gasteiger partial charge in [-0.2, -0.15) is 0 Å². The Morgan fingerprint density at radius 3 is 2.61 bits per heavy atom. The minimum absolute atomic E-state index is 0.189. The number of fused-ring (bicyclic) bond motifs is 2. The van der Waals surface area contributed by atoms with Gasteiger partial charge in [-0.3, -0.25) is 4.79 Å². The van der Waals surface area contributed by atoms with Crippen molar-refractivity contribution in [2.75, 3.05) is 13.2 Å². The molecule has 2 N–H and O–H groups in total. The van der Waals surface area contributed by atoms with E-state index in [-0.39, 0.29) is 12.0 Å². The fourth-order valence-electron chi connectivity index (χ4n) is 3.16. The molecule has 0 spiro atoms. The predicted molar refractivity (Wildman–Crippen MR) is 71.4 cm³/mol. The van der Waals surface area contributed by atoms with Crippen LogP contribution in [0.25, 0.3) is 0 Å². The van der Waals surface area contributed by atoms with Gasteiger partial charge in [0.1, 0.15) is 0 Å². The van der Waals surface area contributed by atoms with E-state index in [1.54, 1.807) is 0 Å². The molecule has 2 saturated heterocycles. The van der Waals surface area contributed by atoms with E-state index in [2.05, 4.69) is 10.6 Å². The highest BCUT2D eigenvalue weighted by Crippen LogP contribution is 2.32. The first-order valence-electron chi connectivity index (χ1n) is 7.28. The maximum atomic E-state index is 11.8. The van der Waals surface area contributed by atoms with Gasteiger partial charge in [-0.1, -0.05) is 0 Å². The molecule has 2 bridgehead atoms. The topological polar surface area (TPSA) is 50.4 Å². The Bertz CT molecular complexity index is 269. The third kappa shape index (κ3) is 4.25. The monoisotopic (exact) mass is 254 g/mol. The van der Waals surface area contributed by atoms with Crippen LogP contribution in [0.4, 0.5) is 0 Å². The molecular weight excluding hydrogens is 228 g/mol. The molecule has 0 aromatic rings. The Morgan fingerprint density at radius 2 is 2.00 bits per heavy atom. The highest BCUT2D eigenvalue weighted by molar-refractivity contribution is 5.76. The van der Waals surface area contributed by atoms with Gasteiger partial charge in [-0.05, 0) is 45.4 Å². The molecule has 2 fully saturated rings. The molecule has 2 heterocycles.